The maximum Gasteiger partial charge on any atom is 0.276 e. The first kappa shape index (κ1) is 16.4. The van der Waals surface area contributed by atoms with Gasteiger partial charge in [0.1, 0.15) is 5.82 Å². The van der Waals surface area contributed by atoms with Gasteiger partial charge >= 0.3 is 0 Å². The zero-order valence-electron chi connectivity index (χ0n) is 13.9. The van der Waals surface area contributed by atoms with Crippen molar-refractivity contribution in [1.82, 2.24) is 19.6 Å². The molecular formula is C17H18N6O2. The van der Waals surface area contributed by atoms with Gasteiger partial charge in [-0.05, 0) is 5.56 Å². The summed E-state index contributed by atoms with van der Waals surface area (Å²) in [5, 5.41) is 13.6. The average Bonchev–Trinajstić information content (AvgIpc) is 3.14. The summed E-state index contributed by atoms with van der Waals surface area (Å²) in [6.07, 6.45) is 3.48. The second-order valence-electron chi connectivity index (χ2n) is 5.61. The van der Waals surface area contributed by atoms with Crippen LogP contribution in [0.25, 0.3) is 0 Å². The summed E-state index contributed by atoms with van der Waals surface area (Å²) < 4.78 is 3.05. The smallest absolute Gasteiger partial charge is 0.276 e. The number of amides is 2. The summed E-state index contributed by atoms with van der Waals surface area (Å²) in [7, 11) is 3.43. The second kappa shape index (κ2) is 7.00. The van der Waals surface area contributed by atoms with E-state index in [9.17, 15) is 9.59 Å². The third-order valence-electron chi connectivity index (χ3n) is 3.55. The summed E-state index contributed by atoms with van der Waals surface area (Å²) in [6.45, 7) is 0. The van der Waals surface area contributed by atoms with Gasteiger partial charge in [-0.25, -0.2) is 0 Å². The third-order valence-corrected chi connectivity index (χ3v) is 3.55. The maximum absolute atomic E-state index is 12.2. The van der Waals surface area contributed by atoms with Gasteiger partial charge in [-0.15, -0.1) is 0 Å². The number of nitrogens with zero attached hydrogens (tertiary/aromatic N) is 4. The van der Waals surface area contributed by atoms with Crippen molar-refractivity contribution < 1.29 is 9.59 Å². The van der Waals surface area contributed by atoms with Crippen LogP contribution in [0, 0.1) is 0 Å². The van der Waals surface area contributed by atoms with E-state index in [2.05, 4.69) is 20.8 Å². The van der Waals surface area contributed by atoms with E-state index in [0.717, 1.165) is 5.56 Å². The van der Waals surface area contributed by atoms with Crippen molar-refractivity contribution in [2.45, 2.75) is 6.42 Å². The number of rotatable bonds is 5. The van der Waals surface area contributed by atoms with Crippen molar-refractivity contribution >= 4 is 23.3 Å². The molecule has 2 heterocycles. The van der Waals surface area contributed by atoms with E-state index in [1.54, 1.807) is 31.2 Å². The molecule has 0 bridgehead atoms. The Balaban J connectivity index is 1.65. The molecule has 0 spiro atoms. The van der Waals surface area contributed by atoms with Gasteiger partial charge in [0, 0.05) is 26.4 Å². The van der Waals surface area contributed by atoms with E-state index in [-0.39, 0.29) is 23.9 Å². The Morgan fingerprint density at radius 3 is 2.56 bits per heavy atom. The zero-order valence-corrected chi connectivity index (χ0v) is 13.9. The van der Waals surface area contributed by atoms with Crippen LogP contribution >= 0.6 is 0 Å². The van der Waals surface area contributed by atoms with Gasteiger partial charge in [-0.2, -0.15) is 10.2 Å². The third kappa shape index (κ3) is 4.11. The van der Waals surface area contributed by atoms with Crippen LogP contribution in [0.2, 0.25) is 0 Å². The highest BCUT2D eigenvalue weighted by molar-refractivity contribution is 6.03. The SMILES string of the molecule is Cn1cc(NC(=O)c2cc(NC(=O)Cc3ccccc3)n(C)n2)cn1. The van der Waals surface area contributed by atoms with E-state index in [1.807, 2.05) is 30.3 Å². The number of anilines is 2. The number of aryl methyl sites for hydroxylation is 2. The molecule has 25 heavy (non-hydrogen) atoms. The quantitative estimate of drug-likeness (QED) is 0.739. The molecule has 0 atom stereocenters. The van der Waals surface area contributed by atoms with Crippen LogP contribution in [-0.2, 0) is 25.3 Å². The van der Waals surface area contributed by atoms with E-state index in [1.165, 1.54) is 10.7 Å². The van der Waals surface area contributed by atoms with Crippen molar-refractivity contribution in [2.24, 2.45) is 14.1 Å². The number of aromatic nitrogens is 4. The van der Waals surface area contributed by atoms with Gasteiger partial charge in [0.05, 0.1) is 18.3 Å². The number of carbonyl (C=O) groups is 2. The lowest BCUT2D eigenvalue weighted by atomic mass is 10.1. The lowest BCUT2D eigenvalue weighted by Crippen LogP contribution is -2.16. The van der Waals surface area contributed by atoms with E-state index >= 15 is 0 Å². The van der Waals surface area contributed by atoms with Crippen molar-refractivity contribution in [2.75, 3.05) is 10.6 Å². The van der Waals surface area contributed by atoms with Crippen LogP contribution in [-0.4, -0.2) is 31.4 Å². The van der Waals surface area contributed by atoms with Gasteiger partial charge in [-0.3, -0.25) is 19.0 Å². The molecule has 8 nitrogen and oxygen atoms in total. The summed E-state index contributed by atoms with van der Waals surface area (Å²) >= 11 is 0. The highest BCUT2D eigenvalue weighted by Gasteiger charge is 2.15. The Hall–Kier alpha value is -3.42. The van der Waals surface area contributed by atoms with Gasteiger partial charge < -0.3 is 10.6 Å². The van der Waals surface area contributed by atoms with Crippen molar-refractivity contribution in [1.29, 1.82) is 0 Å². The van der Waals surface area contributed by atoms with Gasteiger partial charge in [0.25, 0.3) is 5.91 Å². The Labute approximate surface area is 144 Å². The Bertz CT molecular complexity index is 897. The molecule has 0 radical (unpaired) electrons. The van der Waals surface area contributed by atoms with Crippen LogP contribution < -0.4 is 10.6 Å². The van der Waals surface area contributed by atoms with Gasteiger partial charge in [-0.1, -0.05) is 30.3 Å². The molecule has 0 aliphatic rings. The average molecular weight is 338 g/mol. The highest BCUT2D eigenvalue weighted by Crippen LogP contribution is 2.12. The van der Waals surface area contributed by atoms with E-state index < -0.39 is 0 Å². The summed E-state index contributed by atoms with van der Waals surface area (Å²) in [4.78, 5) is 24.4. The molecule has 2 aromatic heterocycles. The highest BCUT2D eigenvalue weighted by atomic mass is 16.2. The van der Waals surface area contributed by atoms with Crippen LogP contribution in [0.1, 0.15) is 16.1 Å². The normalized spacial score (nSPS) is 10.5. The van der Waals surface area contributed by atoms with Crippen LogP contribution in [0.5, 0.6) is 0 Å². The minimum Gasteiger partial charge on any atom is -0.318 e. The molecule has 0 fully saturated rings. The Morgan fingerprint density at radius 1 is 1.12 bits per heavy atom. The first-order valence-electron chi connectivity index (χ1n) is 7.69. The molecule has 8 heteroatoms. The fourth-order valence-electron chi connectivity index (χ4n) is 2.34. The van der Waals surface area contributed by atoms with Crippen LogP contribution in [0.15, 0.2) is 48.8 Å². The molecule has 0 saturated heterocycles. The zero-order chi connectivity index (χ0) is 17.8. The minimum absolute atomic E-state index is 0.173. The molecule has 2 amide bonds. The maximum atomic E-state index is 12.2. The summed E-state index contributed by atoms with van der Waals surface area (Å²) in [6, 6.07) is 11.0. The molecule has 3 rings (SSSR count). The van der Waals surface area contributed by atoms with Crippen molar-refractivity contribution in [3.05, 3.63) is 60.0 Å². The lowest BCUT2D eigenvalue weighted by molar-refractivity contribution is -0.115. The molecular weight excluding hydrogens is 320 g/mol. The predicted molar refractivity (Wildman–Crippen MR) is 93.1 cm³/mol. The number of benzene rings is 1. The van der Waals surface area contributed by atoms with Crippen molar-refractivity contribution in [3.8, 4) is 0 Å². The first-order chi connectivity index (χ1) is 12.0. The number of carbonyl (C=O) groups excluding carboxylic acids is 2. The lowest BCUT2D eigenvalue weighted by Gasteiger charge is -2.04. The minimum atomic E-state index is -0.368. The van der Waals surface area contributed by atoms with E-state index in [0.29, 0.717) is 11.5 Å². The van der Waals surface area contributed by atoms with Gasteiger partial charge in [0.2, 0.25) is 5.91 Å². The number of hydrogen-bond donors (Lipinski definition) is 2. The second-order valence-corrected chi connectivity index (χ2v) is 5.61. The first-order valence-corrected chi connectivity index (χ1v) is 7.69. The van der Waals surface area contributed by atoms with E-state index in [4.69, 9.17) is 0 Å². The standard InChI is InChI=1S/C17H18N6O2/c1-22-11-13(10-18-22)19-17(25)14-9-15(23(2)21-14)20-16(24)8-12-6-4-3-5-7-12/h3-7,9-11H,8H2,1-2H3,(H,19,25)(H,20,24). The summed E-state index contributed by atoms with van der Waals surface area (Å²) in [5.74, 6) is -0.0853. The van der Waals surface area contributed by atoms with Crippen LogP contribution in [0.4, 0.5) is 11.5 Å². The fourth-order valence-corrected chi connectivity index (χ4v) is 2.34. The molecule has 0 aliphatic heterocycles. The molecule has 0 saturated carbocycles. The topological polar surface area (TPSA) is 93.8 Å². The molecule has 2 N–H and O–H groups in total. The molecule has 3 aromatic rings. The largest absolute Gasteiger partial charge is 0.318 e. The molecule has 0 unspecified atom stereocenters. The Kier molecular flexibility index (Phi) is 4.60. The van der Waals surface area contributed by atoms with Gasteiger partial charge in [0.15, 0.2) is 5.69 Å². The molecule has 128 valence electrons. The number of nitrogens with one attached hydrogen (secondary N) is 2. The fraction of sp³-hybridized carbons (Fsp3) is 0.176. The Morgan fingerprint density at radius 2 is 1.88 bits per heavy atom. The molecule has 1 aromatic carbocycles. The number of hydrogen-bond acceptors (Lipinski definition) is 4. The predicted octanol–water partition coefficient (Wildman–Crippen LogP) is 1.59. The van der Waals surface area contributed by atoms with Crippen molar-refractivity contribution in [3.63, 3.8) is 0 Å². The summed E-state index contributed by atoms with van der Waals surface area (Å²) in [5.41, 5.74) is 1.70. The monoisotopic (exact) mass is 338 g/mol. The molecule has 0 aliphatic carbocycles. The van der Waals surface area contributed by atoms with Crippen LogP contribution in [0.3, 0.4) is 0 Å².